The van der Waals surface area contributed by atoms with Gasteiger partial charge in [-0.2, -0.15) is 5.10 Å². The van der Waals surface area contributed by atoms with Crippen molar-refractivity contribution >= 4 is 5.82 Å². The molecule has 0 spiro atoms. The van der Waals surface area contributed by atoms with Crippen molar-refractivity contribution in [2.45, 2.75) is 64.6 Å². The van der Waals surface area contributed by atoms with Gasteiger partial charge in [-0.15, -0.1) is 10.2 Å². The highest BCUT2D eigenvalue weighted by atomic mass is 16.3. The third-order valence-corrected chi connectivity index (χ3v) is 6.34. The molecule has 7 nitrogen and oxygen atoms in total. The van der Waals surface area contributed by atoms with Crippen molar-refractivity contribution in [1.82, 2.24) is 25.3 Å². The normalized spacial score (nSPS) is 18.0. The molecule has 0 aliphatic carbocycles. The van der Waals surface area contributed by atoms with E-state index in [9.17, 15) is 5.11 Å². The van der Waals surface area contributed by atoms with E-state index in [1.165, 1.54) is 0 Å². The maximum Gasteiger partial charge on any atom is 0.151 e. The molecule has 0 atom stereocenters. The number of anilines is 1. The molecule has 4 rings (SSSR count). The summed E-state index contributed by atoms with van der Waals surface area (Å²) in [4.78, 5) is 2.24. The molecule has 32 heavy (non-hydrogen) atoms. The van der Waals surface area contributed by atoms with E-state index >= 15 is 0 Å². The van der Waals surface area contributed by atoms with Crippen LogP contribution in [-0.2, 0) is 7.05 Å². The quantitative estimate of drug-likeness (QED) is 0.637. The Morgan fingerprint density at radius 1 is 1.06 bits per heavy atom. The van der Waals surface area contributed by atoms with E-state index in [0.29, 0.717) is 17.3 Å². The molecule has 1 fully saturated rings. The first kappa shape index (κ1) is 22.3. The Hall–Kier alpha value is -2.93. The Morgan fingerprint density at radius 2 is 1.75 bits per heavy atom. The Balaban J connectivity index is 1.59. The number of hydrogen-bond donors (Lipinski definition) is 2. The predicted molar refractivity (Wildman–Crippen MR) is 129 cm³/mol. The Kier molecular flexibility index (Phi) is 5.49. The summed E-state index contributed by atoms with van der Waals surface area (Å²) in [6.07, 6.45) is 5.79. The number of benzene rings is 1. The van der Waals surface area contributed by atoms with Crippen LogP contribution in [0, 0.1) is 6.92 Å². The van der Waals surface area contributed by atoms with Crippen LogP contribution in [0.25, 0.3) is 22.4 Å². The zero-order chi connectivity index (χ0) is 23.3. The maximum absolute atomic E-state index is 10.8. The van der Waals surface area contributed by atoms with E-state index in [1.54, 1.807) is 16.9 Å². The molecule has 0 unspecified atom stereocenters. The van der Waals surface area contributed by atoms with Crippen molar-refractivity contribution in [3.05, 3.63) is 42.2 Å². The predicted octanol–water partition coefficient (Wildman–Crippen LogP) is 4.30. The van der Waals surface area contributed by atoms with Gasteiger partial charge >= 0.3 is 0 Å². The van der Waals surface area contributed by atoms with E-state index in [-0.39, 0.29) is 16.8 Å². The molecular weight excluding hydrogens is 400 g/mol. The molecule has 170 valence electrons. The van der Waals surface area contributed by atoms with Gasteiger partial charge in [0.1, 0.15) is 5.75 Å². The van der Waals surface area contributed by atoms with Crippen molar-refractivity contribution in [3.8, 4) is 28.1 Å². The van der Waals surface area contributed by atoms with Gasteiger partial charge < -0.3 is 15.3 Å². The molecule has 7 heteroatoms. The first-order valence-electron chi connectivity index (χ1n) is 11.1. The van der Waals surface area contributed by atoms with Crippen LogP contribution in [-0.4, -0.2) is 49.3 Å². The van der Waals surface area contributed by atoms with Gasteiger partial charge in [0.2, 0.25) is 0 Å². The molecule has 0 bridgehead atoms. The molecule has 0 saturated carbocycles. The topological polar surface area (TPSA) is 79.1 Å². The molecule has 1 saturated heterocycles. The molecule has 3 heterocycles. The number of nitrogens with zero attached hydrogens (tertiary/aromatic N) is 5. The molecule has 0 amide bonds. The SMILES string of the molecule is Cc1cc(-c2cnn(C)c2)cc(O)c1-c1ccc(N(C)C2CC(C)(C)NC(C)(C)C2)nn1. The van der Waals surface area contributed by atoms with E-state index in [4.69, 9.17) is 0 Å². The van der Waals surface area contributed by atoms with Gasteiger partial charge in [-0.25, -0.2) is 0 Å². The van der Waals surface area contributed by atoms with Crippen molar-refractivity contribution < 1.29 is 5.11 Å². The molecule has 1 aliphatic heterocycles. The van der Waals surface area contributed by atoms with Crippen LogP contribution >= 0.6 is 0 Å². The van der Waals surface area contributed by atoms with Gasteiger partial charge in [-0.1, -0.05) is 6.07 Å². The Morgan fingerprint density at radius 3 is 2.28 bits per heavy atom. The lowest BCUT2D eigenvalue weighted by atomic mass is 9.79. The number of piperidine rings is 1. The van der Waals surface area contributed by atoms with E-state index in [1.807, 2.05) is 38.4 Å². The molecule has 1 aromatic carbocycles. The number of phenols is 1. The summed E-state index contributed by atoms with van der Waals surface area (Å²) in [5, 5.41) is 27.7. The summed E-state index contributed by atoms with van der Waals surface area (Å²) in [5.41, 5.74) is 4.34. The van der Waals surface area contributed by atoms with Crippen molar-refractivity contribution in [1.29, 1.82) is 0 Å². The smallest absolute Gasteiger partial charge is 0.151 e. The number of aromatic hydroxyl groups is 1. The van der Waals surface area contributed by atoms with Crippen molar-refractivity contribution in [2.75, 3.05) is 11.9 Å². The number of aromatic nitrogens is 4. The molecule has 1 aliphatic rings. The van der Waals surface area contributed by atoms with Gasteiger partial charge in [0.15, 0.2) is 5.82 Å². The number of nitrogens with one attached hydrogen (secondary N) is 1. The summed E-state index contributed by atoms with van der Waals surface area (Å²) in [5.74, 6) is 1.04. The third-order valence-electron chi connectivity index (χ3n) is 6.34. The molecular formula is C25H34N6O. The van der Waals surface area contributed by atoms with E-state index in [0.717, 1.165) is 35.3 Å². The second-order valence-corrected chi connectivity index (χ2v) is 10.4. The highest BCUT2D eigenvalue weighted by Gasteiger charge is 2.39. The Labute approximate surface area is 190 Å². The first-order chi connectivity index (χ1) is 14.9. The van der Waals surface area contributed by atoms with Gasteiger partial charge in [-0.05, 0) is 76.8 Å². The average molecular weight is 435 g/mol. The van der Waals surface area contributed by atoms with Crippen molar-refractivity contribution in [3.63, 3.8) is 0 Å². The minimum Gasteiger partial charge on any atom is -0.507 e. The van der Waals surface area contributed by atoms with Crippen LogP contribution in [0.3, 0.4) is 0 Å². The summed E-state index contributed by atoms with van der Waals surface area (Å²) in [7, 11) is 3.97. The van der Waals surface area contributed by atoms with Gasteiger partial charge in [-0.3, -0.25) is 4.68 Å². The maximum atomic E-state index is 10.8. The van der Waals surface area contributed by atoms with Crippen LogP contribution in [0.2, 0.25) is 0 Å². The standard InChI is InChI=1S/C25H34N6O/c1-16-10-17(18-14-26-30(6)15-18)11-21(32)23(16)20-8-9-22(28-27-20)31(7)19-12-24(2,3)29-25(4,5)13-19/h8-11,14-15,19,29,32H,12-13H2,1-7H3. The second-order valence-electron chi connectivity index (χ2n) is 10.4. The highest BCUT2D eigenvalue weighted by molar-refractivity contribution is 5.77. The van der Waals surface area contributed by atoms with E-state index in [2.05, 4.69) is 60.3 Å². The van der Waals surface area contributed by atoms with Crippen molar-refractivity contribution in [2.24, 2.45) is 7.05 Å². The number of phenolic OH excluding ortho intramolecular Hbond substituents is 1. The fourth-order valence-corrected chi connectivity index (χ4v) is 5.21. The molecule has 2 aromatic heterocycles. The number of aryl methyl sites for hydroxylation is 2. The van der Waals surface area contributed by atoms with E-state index < -0.39 is 0 Å². The fraction of sp³-hybridized carbons (Fsp3) is 0.480. The highest BCUT2D eigenvalue weighted by Crippen LogP contribution is 2.37. The average Bonchev–Trinajstić information content (AvgIpc) is 3.11. The minimum absolute atomic E-state index is 0.0625. The fourth-order valence-electron chi connectivity index (χ4n) is 5.21. The summed E-state index contributed by atoms with van der Waals surface area (Å²) < 4.78 is 1.75. The van der Waals surface area contributed by atoms with Crippen LogP contribution in [0.5, 0.6) is 5.75 Å². The first-order valence-corrected chi connectivity index (χ1v) is 11.1. The lowest BCUT2D eigenvalue weighted by Crippen LogP contribution is -2.62. The number of hydrogen-bond acceptors (Lipinski definition) is 6. The zero-order valence-corrected chi connectivity index (χ0v) is 20.1. The molecule has 3 aromatic rings. The van der Waals surface area contributed by atoms with Crippen LogP contribution < -0.4 is 10.2 Å². The summed E-state index contributed by atoms with van der Waals surface area (Å²) in [6.45, 7) is 11.0. The van der Waals surface area contributed by atoms with Crippen LogP contribution in [0.4, 0.5) is 5.82 Å². The third kappa shape index (κ3) is 4.48. The van der Waals surface area contributed by atoms with Gasteiger partial charge in [0.25, 0.3) is 0 Å². The summed E-state index contributed by atoms with van der Waals surface area (Å²) in [6, 6.07) is 8.13. The van der Waals surface area contributed by atoms with Gasteiger partial charge in [0, 0.05) is 48.5 Å². The Bertz CT molecular complexity index is 1080. The van der Waals surface area contributed by atoms with Gasteiger partial charge in [0.05, 0.1) is 11.9 Å². The zero-order valence-electron chi connectivity index (χ0n) is 20.1. The number of rotatable bonds is 4. The van der Waals surface area contributed by atoms with Crippen LogP contribution in [0.1, 0.15) is 46.1 Å². The molecule has 2 N–H and O–H groups in total. The second kappa shape index (κ2) is 7.89. The largest absolute Gasteiger partial charge is 0.507 e. The molecule has 0 radical (unpaired) electrons. The lowest BCUT2D eigenvalue weighted by Gasteiger charge is -2.49. The van der Waals surface area contributed by atoms with Crippen LogP contribution in [0.15, 0.2) is 36.7 Å². The lowest BCUT2D eigenvalue weighted by molar-refractivity contribution is 0.160. The summed E-state index contributed by atoms with van der Waals surface area (Å²) >= 11 is 0. The minimum atomic E-state index is 0.0625. The monoisotopic (exact) mass is 434 g/mol.